The highest BCUT2D eigenvalue weighted by atomic mass is 19.1. The number of carboxylic acid groups (broad SMARTS) is 1. The maximum absolute atomic E-state index is 12.9. The molecule has 0 bridgehead atoms. The van der Waals surface area contributed by atoms with E-state index in [9.17, 15) is 14.3 Å². The molecule has 3 heteroatoms. The molecule has 0 saturated carbocycles. The lowest BCUT2D eigenvalue weighted by molar-refractivity contribution is -0.143. The van der Waals surface area contributed by atoms with Gasteiger partial charge < -0.3 is 5.11 Å². The van der Waals surface area contributed by atoms with Crippen LogP contribution in [0.15, 0.2) is 24.3 Å². The van der Waals surface area contributed by atoms with Gasteiger partial charge in [-0.15, -0.1) is 0 Å². The first-order chi connectivity index (χ1) is 8.15. The van der Waals surface area contributed by atoms with Gasteiger partial charge >= 0.3 is 5.97 Å². The van der Waals surface area contributed by atoms with E-state index in [0.717, 1.165) is 6.42 Å². The third-order valence-electron chi connectivity index (χ3n) is 3.33. The van der Waals surface area contributed by atoms with Gasteiger partial charge in [0.25, 0.3) is 0 Å². The van der Waals surface area contributed by atoms with Gasteiger partial charge in [-0.25, -0.2) is 4.39 Å². The largest absolute Gasteiger partial charge is 0.481 e. The van der Waals surface area contributed by atoms with Gasteiger partial charge in [-0.1, -0.05) is 32.9 Å². The molecule has 0 saturated heterocycles. The highest BCUT2D eigenvalue weighted by Crippen LogP contribution is 2.34. The Hall–Kier alpha value is -1.38. The minimum atomic E-state index is -0.957. The lowest BCUT2D eigenvalue weighted by Gasteiger charge is -2.29. The summed E-state index contributed by atoms with van der Waals surface area (Å²) in [5, 5.41) is 9.46. The Morgan fingerprint density at radius 3 is 2.00 bits per heavy atom. The number of carbonyl (C=O) groups is 1. The summed E-state index contributed by atoms with van der Waals surface area (Å²) < 4.78 is 12.9. The Labute approximate surface area is 108 Å². The quantitative estimate of drug-likeness (QED) is 0.879. The topological polar surface area (TPSA) is 37.3 Å². The van der Waals surface area contributed by atoms with Crippen molar-refractivity contribution in [1.29, 1.82) is 0 Å². The lowest BCUT2D eigenvalue weighted by Crippen LogP contribution is -2.33. The molecule has 0 fully saturated rings. The van der Waals surface area contributed by atoms with Crippen LogP contribution in [0.1, 0.15) is 46.1 Å². The zero-order chi connectivity index (χ0) is 14.0. The fourth-order valence-electron chi connectivity index (χ4n) is 1.82. The van der Waals surface area contributed by atoms with Crippen LogP contribution >= 0.6 is 0 Å². The molecule has 1 aromatic carbocycles. The van der Waals surface area contributed by atoms with E-state index in [-0.39, 0.29) is 11.2 Å². The van der Waals surface area contributed by atoms with Crippen LogP contribution in [0.3, 0.4) is 0 Å². The normalized spacial score (nSPS) is 15.2. The second kappa shape index (κ2) is 5.09. The van der Waals surface area contributed by atoms with Crippen molar-refractivity contribution < 1.29 is 14.3 Å². The zero-order valence-electron chi connectivity index (χ0n) is 11.5. The molecule has 1 aromatic rings. The standard InChI is InChI=1S/C15H21FO2/c1-14(2,3)9-10-15(4,13(17)18)11-5-7-12(16)8-6-11/h5-8H,9-10H2,1-4H3,(H,17,18)/t15-/m0/s1. The van der Waals surface area contributed by atoms with Gasteiger partial charge in [0.05, 0.1) is 5.41 Å². The SMILES string of the molecule is CC(C)(C)CC[C@](C)(C(=O)O)c1ccc(F)cc1. The molecule has 0 heterocycles. The average molecular weight is 252 g/mol. The Morgan fingerprint density at radius 2 is 1.61 bits per heavy atom. The summed E-state index contributed by atoms with van der Waals surface area (Å²) in [4.78, 5) is 11.5. The fourth-order valence-corrected chi connectivity index (χ4v) is 1.82. The van der Waals surface area contributed by atoms with Crippen molar-refractivity contribution in [2.45, 2.75) is 46.0 Å². The summed E-state index contributed by atoms with van der Waals surface area (Å²) >= 11 is 0. The molecule has 0 aliphatic rings. The van der Waals surface area contributed by atoms with Gasteiger partial charge in [-0.3, -0.25) is 4.79 Å². The molecule has 1 rings (SSSR count). The van der Waals surface area contributed by atoms with Crippen LogP contribution in [0, 0.1) is 11.2 Å². The summed E-state index contributed by atoms with van der Waals surface area (Å²) in [5.41, 5.74) is -0.224. The van der Waals surface area contributed by atoms with Gasteiger partial charge in [-0.2, -0.15) is 0 Å². The molecular formula is C15H21FO2. The van der Waals surface area contributed by atoms with Crippen LogP contribution < -0.4 is 0 Å². The third-order valence-corrected chi connectivity index (χ3v) is 3.33. The molecule has 18 heavy (non-hydrogen) atoms. The summed E-state index contributed by atoms with van der Waals surface area (Å²) in [6.07, 6.45) is 1.34. The van der Waals surface area contributed by atoms with E-state index in [0.29, 0.717) is 12.0 Å². The summed E-state index contributed by atoms with van der Waals surface area (Å²) in [6, 6.07) is 5.75. The molecular weight excluding hydrogens is 231 g/mol. The molecule has 0 aliphatic heterocycles. The van der Waals surface area contributed by atoms with Gasteiger partial charge in [0, 0.05) is 0 Å². The van der Waals surface area contributed by atoms with Crippen LogP contribution in [0.2, 0.25) is 0 Å². The number of benzene rings is 1. The minimum absolute atomic E-state index is 0.0801. The summed E-state index contributed by atoms with van der Waals surface area (Å²) in [6.45, 7) is 7.95. The minimum Gasteiger partial charge on any atom is -0.481 e. The highest BCUT2D eigenvalue weighted by molar-refractivity contribution is 5.80. The molecule has 0 unspecified atom stereocenters. The van der Waals surface area contributed by atoms with Crippen molar-refractivity contribution in [1.82, 2.24) is 0 Å². The molecule has 2 nitrogen and oxygen atoms in total. The Balaban J connectivity index is 3.00. The van der Waals surface area contributed by atoms with Crippen LogP contribution in [0.5, 0.6) is 0 Å². The second-order valence-electron chi connectivity index (χ2n) is 6.20. The smallest absolute Gasteiger partial charge is 0.313 e. The van der Waals surface area contributed by atoms with Gasteiger partial charge in [-0.05, 0) is 42.9 Å². The van der Waals surface area contributed by atoms with Crippen LogP contribution in [0.25, 0.3) is 0 Å². The maximum Gasteiger partial charge on any atom is 0.313 e. The molecule has 0 aliphatic carbocycles. The number of hydrogen-bond acceptors (Lipinski definition) is 1. The van der Waals surface area contributed by atoms with Crippen molar-refractivity contribution >= 4 is 5.97 Å². The van der Waals surface area contributed by atoms with Gasteiger partial charge in [0.15, 0.2) is 0 Å². The van der Waals surface area contributed by atoms with E-state index in [1.165, 1.54) is 12.1 Å². The Kier molecular flexibility index (Phi) is 4.15. The number of hydrogen-bond donors (Lipinski definition) is 1. The maximum atomic E-state index is 12.9. The van der Waals surface area contributed by atoms with E-state index < -0.39 is 11.4 Å². The predicted octanol–water partition coefficient (Wildman–Crippen LogP) is 3.99. The van der Waals surface area contributed by atoms with E-state index in [1.807, 2.05) is 0 Å². The van der Waals surface area contributed by atoms with Gasteiger partial charge in [0.2, 0.25) is 0 Å². The van der Waals surface area contributed by atoms with Crippen molar-refractivity contribution in [2.24, 2.45) is 5.41 Å². The first kappa shape index (κ1) is 14.7. The van der Waals surface area contributed by atoms with E-state index in [4.69, 9.17) is 0 Å². The molecule has 1 atom stereocenters. The lowest BCUT2D eigenvalue weighted by atomic mass is 9.74. The van der Waals surface area contributed by atoms with Crippen molar-refractivity contribution in [3.05, 3.63) is 35.6 Å². The first-order valence-corrected chi connectivity index (χ1v) is 6.15. The molecule has 0 aromatic heterocycles. The molecule has 0 amide bonds. The van der Waals surface area contributed by atoms with E-state index in [1.54, 1.807) is 19.1 Å². The van der Waals surface area contributed by atoms with Crippen molar-refractivity contribution in [2.75, 3.05) is 0 Å². The van der Waals surface area contributed by atoms with Crippen molar-refractivity contribution in [3.63, 3.8) is 0 Å². The van der Waals surface area contributed by atoms with Crippen LogP contribution in [-0.4, -0.2) is 11.1 Å². The second-order valence-corrected chi connectivity index (χ2v) is 6.20. The molecule has 0 spiro atoms. The Bertz CT molecular complexity index is 417. The first-order valence-electron chi connectivity index (χ1n) is 6.15. The monoisotopic (exact) mass is 252 g/mol. The highest BCUT2D eigenvalue weighted by Gasteiger charge is 2.35. The van der Waals surface area contributed by atoms with Crippen molar-refractivity contribution in [3.8, 4) is 0 Å². The van der Waals surface area contributed by atoms with Crippen LogP contribution in [0.4, 0.5) is 4.39 Å². The van der Waals surface area contributed by atoms with Gasteiger partial charge in [0.1, 0.15) is 5.82 Å². The average Bonchev–Trinajstić information content (AvgIpc) is 2.25. The molecule has 100 valence electrons. The molecule has 0 radical (unpaired) electrons. The zero-order valence-corrected chi connectivity index (χ0v) is 11.5. The predicted molar refractivity (Wildman–Crippen MR) is 70.1 cm³/mol. The summed E-state index contributed by atoms with van der Waals surface area (Å²) in [7, 11) is 0. The number of halogens is 1. The summed E-state index contributed by atoms with van der Waals surface area (Å²) in [5.74, 6) is -1.21. The third kappa shape index (κ3) is 3.56. The molecule has 1 N–H and O–H groups in total. The number of rotatable bonds is 4. The fraction of sp³-hybridized carbons (Fsp3) is 0.533. The van der Waals surface area contributed by atoms with E-state index in [2.05, 4.69) is 20.8 Å². The van der Waals surface area contributed by atoms with E-state index >= 15 is 0 Å². The number of aliphatic carboxylic acids is 1. The number of carboxylic acids is 1. The Morgan fingerprint density at radius 1 is 1.11 bits per heavy atom. The van der Waals surface area contributed by atoms with Crippen LogP contribution in [-0.2, 0) is 10.2 Å².